The van der Waals surface area contributed by atoms with Gasteiger partial charge in [-0.2, -0.15) is 0 Å². The summed E-state index contributed by atoms with van der Waals surface area (Å²) >= 11 is 0. The maximum atomic E-state index is 12.1. The minimum Gasteiger partial charge on any atom is -0.484 e. The van der Waals surface area contributed by atoms with E-state index in [1.54, 1.807) is 24.3 Å². The normalized spacial score (nSPS) is 9.96. The molecule has 0 spiro atoms. The van der Waals surface area contributed by atoms with Gasteiger partial charge in [0.05, 0.1) is 4.92 Å². The average Bonchev–Trinajstić information content (AvgIpc) is 2.61. The van der Waals surface area contributed by atoms with Crippen molar-refractivity contribution in [3.8, 4) is 5.75 Å². The topological polar surface area (TPSA) is 111 Å². The van der Waals surface area contributed by atoms with Crippen LogP contribution in [0.15, 0.2) is 48.5 Å². The summed E-state index contributed by atoms with van der Waals surface area (Å²) in [6.45, 7) is 2.28. The van der Waals surface area contributed by atoms with Gasteiger partial charge < -0.3 is 15.4 Å². The van der Waals surface area contributed by atoms with E-state index >= 15 is 0 Å². The molecule has 0 saturated carbocycles. The third-order valence-electron chi connectivity index (χ3n) is 3.20. The van der Waals surface area contributed by atoms with Crippen LogP contribution < -0.4 is 15.4 Å². The van der Waals surface area contributed by atoms with Crippen LogP contribution in [-0.2, 0) is 4.79 Å². The molecule has 0 aliphatic carbocycles. The molecule has 0 unspecified atom stereocenters. The molecule has 8 nitrogen and oxygen atoms in total. The highest BCUT2D eigenvalue weighted by Gasteiger charge is 2.10. The van der Waals surface area contributed by atoms with E-state index in [4.69, 9.17) is 4.74 Å². The number of ether oxygens (including phenoxy) is 1. The Bertz CT molecular complexity index is 757. The molecule has 0 saturated heterocycles. The van der Waals surface area contributed by atoms with E-state index in [0.717, 1.165) is 0 Å². The fourth-order valence-corrected chi connectivity index (χ4v) is 1.97. The lowest BCUT2D eigenvalue weighted by Gasteiger charge is -2.08. The summed E-state index contributed by atoms with van der Waals surface area (Å²) in [5.74, 6) is -0.0940. The van der Waals surface area contributed by atoms with Crippen LogP contribution in [0, 0.1) is 10.1 Å². The Morgan fingerprint density at radius 1 is 1.08 bits per heavy atom. The first kappa shape index (κ1) is 17.9. The van der Waals surface area contributed by atoms with Crippen LogP contribution >= 0.6 is 0 Å². The molecular formula is C17H17N3O5. The summed E-state index contributed by atoms with van der Waals surface area (Å²) in [4.78, 5) is 33.5. The number of nitrogens with one attached hydrogen (secondary N) is 2. The second kappa shape index (κ2) is 8.44. The molecule has 0 bridgehead atoms. The molecule has 130 valence electrons. The average molecular weight is 343 g/mol. The molecule has 0 heterocycles. The van der Waals surface area contributed by atoms with Gasteiger partial charge >= 0.3 is 0 Å². The van der Waals surface area contributed by atoms with Crippen LogP contribution in [-0.4, -0.2) is 29.9 Å². The molecule has 2 aromatic rings. The van der Waals surface area contributed by atoms with Gasteiger partial charge in [0, 0.05) is 29.9 Å². The van der Waals surface area contributed by atoms with E-state index in [0.29, 0.717) is 23.5 Å². The first-order valence-electron chi connectivity index (χ1n) is 7.55. The summed E-state index contributed by atoms with van der Waals surface area (Å²) in [6.07, 6.45) is 0. The van der Waals surface area contributed by atoms with Gasteiger partial charge in [-0.15, -0.1) is 0 Å². The zero-order valence-electron chi connectivity index (χ0n) is 13.5. The smallest absolute Gasteiger partial charge is 0.269 e. The summed E-state index contributed by atoms with van der Waals surface area (Å²) in [5, 5.41) is 15.9. The lowest BCUT2D eigenvalue weighted by molar-refractivity contribution is -0.384. The third kappa shape index (κ3) is 5.31. The predicted molar refractivity (Wildman–Crippen MR) is 91.7 cm³/mol. The maximum absolute atomic E-state index is 12.1. The van der Waals surface area contributed by atoms with Crippen molar-refractivity contribution in [2.24, 2.45) is 0 Å². The molecule has 2 aromatic carbocycles. The number of nitro groups is 1. The number of benzene rings is 2. The Kier molecular flexibility index (Phi) is 6.05. The Labute approximate surface area is 144 Å². The van der Waals surface area contributed by atoms with Gasteiger partial charge in [0.15, 0.2) is 6.61 Å². The zero-order valence-corrected chi connectivity index (χ0v) is 13.5. The van der Waals surface area contributed by atoms with Gasteiger partial charge in [0.1, 0.15) is 5.75 Å². The molecule has 2 amide bonds. The monoisotopic (exact) mass is 343 g/mol. The number of carbonyl (C=O) groups excluding carboxylic acids is 2. The fourth-order valence-electron chi connectivity index (χ4n) is 1.97. The predicted octanol–water partition coefficient (Wildman–Crippen LogP) is 2.36. The third-order valence-corrected chi connectivity index (χ3v) is 3.20. The van der Waals surface area contributed by atoms with E-state index in [1.165, 1.54) is 24.3 Å². The highest BCUT2D eigenvalue weighted by Crippen LogP contribution is 2.17. The largest absolute Gasteiger partial charge is 0.484 e. The highest BCUT2D eigenvalue weighted by molar-refractivity contribution is 6.04. The van der Waals surface area contributed by atoms with E-state index in [-0.39, 0.29) is 24.1 Å². The summed E-state index contributed by atoms with van der Waals surface area (Å²) < 4.78 is 5.31. The molecule has 0 aromatic heterocycles. The molecule has 0 fully saturated rings. The summed E-state index contributed by atoms with van der Waals surface area (Å²) in [6, 6.07) is 11.8. The number of hydrogen-bond acceptors (Lipinski definition) is 5. The number of non-ortho nitro benzene ring substituents is 1. The Morgan fingerprint density at radius 3 is 2.28 bits per heavy atom. The Hall–Kier alpha value is -3.42. The molecule has 0 atom stereocenters. The van der Waals surface area contributed by atoms with Crippen LogP contribution in [0.4, 0.5) is 11.4 Å². The first-order chi connectivity index (χ1) is 12.0. The summed E-state index contributed by atoms with van der Waals surface area (Å²) in [7, 11) is 0. The van der Waals surface area contributed by atoms with Crippen LogP contribution in [0.3, 0.4) is 0 Å². The van der Waals surface area contributed by atoms with Crippen LogP contribution in [0.25, 0.3) is 0 Å². The van der Waals surface area contributed by atoms with Gasteiger partial charge in [-0.25, -0.2) is 0 Å². The number of rotatable bonds is 7. The summed E-state index contributed by atoms with van der Waals surface area (Å²) in [5.41, 5.74) is 0.765. The van der Waals surface area contributed by atoms with Gasteiger partial charge in [0.25, 0.3) is 17.5 Å². The van der Waals surface area contributed by atoms with Crippen LogP contribution in [0.5, 0.6) is 5.75 Å². The minimum atomic E-state index is -0.527. The van der Waals surface area contributed by atoms with Crippen LogP contribution in [0.2, 0.25) is 0 Å². The quantitative estimate of drug-likeness (QED) is 0.592. The second-order valence-corrected chi connectivity index (χ2v) is 5.02. The second-order valence-electron chi connectivity index (χ2n) is 5.02. The highest BCUT2D eigenvalue weighted by atomic mass is 16.6. The fraction of sp³-hybridized carbons (Fsp3) is 0.176. The lowest BCUT2D eigenvalue weighted by Crippen LogP contribution is -2.28. The van der Waals surface area contributed by atoms with E-state index in [2.05, 4.69) is 10.6 Å². The molecular weight excluding hydrogens is 326 g/mol. The van der Waals surface area contributed by atoms with Crippen molar-refractivity contribution < 1.29 is 19.2 Å². The number of carbonyl (C=O) groups is 2. The molecule has 8 heteroatoms. The SMILES string of the molecule is CCNC(=O)COc1ccc(NC(=O)c2ccc([N+](=O)[O-])cc2)cc1. The standard InChI is InChI=1S/C17H17N3O5/c1-2-18-16(21)11-25-15-9-5-13(6-10-15)19-17(22)12-3-7-14(8-4-12)20(23)24/h3-10H,2,11H2,1H3,(H,18,21)(H,19,22). The van der Waals surface area contributed by atoms with Gasteiger partial charge in [-0.05, 0) is 43.3 Å². The molecule has 2 rings (SSSR count). The van der Waals surface area contributed by atoms with E-state index in [9.17, 15) is 19.7 Å². The van der Waals surface area contributed by atoms with Crippen molar-refractivity contribution in [3.05, 3.63) is 64.2 Å². The molecule has 0 aliphatic heterocycles. The first-order valence-corrected chi connectivity index (χ1v) is 7.55. The van der Waals surface area contributed by atoms with Crippen molar-refractivity contribution in [2.75, 3.05) is 18.5 Å². The molecule has 0 aliphatic rings. The van der Waals surface area contributed by atoms with E-state index < -0.39 is 4.92 Å². The lowest BCUT2D eigenvalue weighted by atomic mass is 10.2. The van der Waals surface area contributed by atoms with Crippen LogP contribution in [0.1, 0.15) is 17.3 Å². The van der Waals surface area contributed by atoms with E-state index in [1.807, 2.05) is 6.92 Å². The van der Waals surface area contributed by atoms with Crippen molar-refractivity contribution in [3.63, 3.8) is 0 Å². The maximum Gasteiger partial charge on any atom is 0.269 e. The Morgan fingerprint density at radius 2 is 1.72 bits per heavy atom. The minimum absolute atomic E-state index is 0.0786. The van der Waals surface area contributed by atoms with Crippen molar-refractivity contribution in [2.45, 2.75) is 6.92 Å². The Balaban J connectivity index is 1.92. The molecule has 2 N–H and O–H groups in total. The van der Waals surface area contributed by atoms with Gasteiger partial charge in [-0.1, -0.05) is 0 Å². The van der Waals surface area contributed by atoms with Crippen molar-refractivity contribution >= 4 is 23.2 Å². The van der Waals surface area contributed by atoms with Gasteiger partial charge in [-0.3, -0.25) is 19.7 Å². The number of nitro benzene ring substituents is 1. The van der Waals surface area contributed by atoms with Crippen molar-refractivity contribution in [1.82, 2.24) is 5.32 Å². The van der Waals surface area contributed by atoms with Crippen molar-refractivity contribution in [1.29, 1.82) is 0 Å². The number of likely N-dealkylation sites (N-methyl/N-ethyl adjacent to an activating group) is 1. The van der Waals surface area contributed by atoms with Gasteiger partial charge in [0.2, 0.25) is 0 Å². The number of amides is 2. The number of hydrogen-bond donors (Lipinski definition) is 2. The number of anilines is 1. The molecule has 25 heavy (non-hydrogen) atoms. The molecule has 0 radical (unpaired) electrons. The zero-order chi connectivity index (χ0) is 18.2. The number of nitrogens with zero attached hydrogens (tertiary/aromatic N) is 1.